The highest BCUT2D eigenvalue weighted by atomic mass is 19.1. The number of para-hydroxylation sites is 2. The Hall–Kier alpha value is -7.70. The molecule has 0 aliphatic rings. The van der Waals surface area contributed by atoms with Gasteiger partial charge < -0.3 is 8.83 Å². The maximum absolute atomic E-state index is 14.2. The average molecular weight is 736 g/mol. The molecule has 0 amide bonds. The molecule has 0 N–H and O–H groups in total. The number of rotatable bonds is 6. The van der Waals surface area contributed by atoms with E-state index in [-0.39, 0.29) is 5.82 Å². The van der Waals surface area contributed by atoms with Crippen molar-refractivity contribution in [1.82, 2.24) is 15.0 Å². The van der Waals surface area contributed by atoms with E-state index in [1.54, 1.807) is 18.3 Å². The summed E-state index contributed by atoms with van der Waals surface area (Å²) in [7, 11) is 0. The van der Waals surface area contributed by atoms with Crippen LogP contribution in [0, 0.1) is 5.82 Å². The number of hydrogen-bond donors (Lipinski definition) is 0. The van der Waals surface area contributed by atoms with Crippen LogP contribution < -0.4 is 0 Å². The number of fused-ring (bicyclic) bond motifs is 6. The summed E-state index contributed by atoms with van der Waals surface area (Å²) in [5.41, 5.74) is 13.5. The van der Waals surface area contributed by atoms with Gasteiger partial charge in [0.05, 0.1) is 11.4 Å². The standard InChI is InChI=1S/C51H30FN3O2/c52-40-18-14-31(15-19-40)45-29-46(35-8-5-7-32(23-35)36-9-6-22-53-30-36)55-51(54-45)39-25-37(33-16-20-49-43(27-33)41-10-1-3-12-47(41)56-49)24-38(26-39)34-17-21-50-44(28-34)42-11-2-4-13-48(42)57-50/h1-30H. The highest BCUT2D eigenvalue weighted by Gasteiger charge is 2.17. The van der Waals surface area contributed by atoms with E-state index in [4.69, 9.17) is 18.8 Å². The second-order valence-electron chi connectivity index (χ2n) is 14.2. The highest BCUT2D eigenvalue weighted by molar-refractivity contribution is 6.07. The van der Waals surface area contributed by atoms with Crippen LogP contribution in [0.2, 0.25) is 0 Å². The molecule has 0 saturated carbocycles. The average Bonchev–Trinajstić information content (AvgIpc) is 3.84. The monoisotopic (exact) mass is 735 g/mol. The van der Waals surface area contributed by atoms with E-state index in [0.29, 0.717) is 11.5 Å². The fraction of sp³-hybridized carbons (Fsp3) is 0. The lowest BCUT2D eigenvalue weighted by atomic mass is 9.94. The van der Waals surface area contributed by atoms with Crippen molar-refractivity contribution in [2.45, 2.75) is 0 Å². The van der Waals surface area contributed by atoms with Gasteiger partial charge in [-0.1, -0.05) is 72.8 Å². The van der Waals surface area contributed by atoms with Gasteiger partial charge in [0, 0.05) is 56.2 Å². The first-order valence-electron chi connectivity index (χ1n) is 18.7. The molecule has 0 unspecified atom stereocenters. The Labute approximate surface area is 326 Å². The SMILES string of the molecule is Fc1ccc(-c2cc(-c3cccc(-c4cccnc4)c3)nc(-c3cc(-c4ccc5oc6ccccc6c5c4)cc(-c4ccc5oc6ccccc6c5c4)c3)n2)cc1. The molecule has 0 bridgehead atoms. The Morgan fingerprint density at radius 3 is 1.49 bits per heavy atom. The van der Waals surface area contributed by atoms with Crippen LogP contribution in [0.5, 0.6) is 0 Å². The minimum absolute atomic E-state index is 0.306. The van der Waals surface area contributed by atoms with Crippen LogP contribution in [-0.4, -0.2) is 15.0 Å². The zero-order valence-corrected chi connectivity index (χ0v) is 30.4. The number of furan rings is 2. The molecular formula is C51H30FN3O2. The predicted octanol–water partition coefficient (Wildman–Crippen LogP) is 13.8. The number of benzene rings is 7. The van der Waals surface area contributed by atoms with E-state index in [1.807, 2.05) is 79.0 Å². The minimum Gasteiger partial charge on any atom is -0.456 e. The first-order chi connectivity index (χ1) is 28.1. The van der Waals surface area contributed by atoms with Crippen molar-refractivity contribution in [3.8, 4) is 67.3 Å². The van der Waals surface area contributed by atoms with Crippen molar-refractivity contribution in [2.24, 2.45) is 0 Å². The van der Waals surface area contributed by atoms with E-state index in [2.05, 4.69) is 77.8 Å². The lowest BCUT2D eigenvalue weighted by molar-refractivity contribution is 0.628. The van der Waals surface area contributed by atoms with Crippen LogP contribution in [0.15, 0.2) is 191 Å². The molecule has 0 saturated heterocycles. The fourth-order valence-electron chi connectivity index (χ4n) is 7.79. The molecule has 4 heterocycles. The maximum Gasteiger partial charge on any atom is 0.160 e. The van der Waals surface area contributed by atoms with E-state index in [0.717, 1.165) is 99.6 Å². The molecule has 0 radical (unpaired) electrons. The fourth-order valence-corrected chi connectivity index (χ4v) is 7.79. The zero-order valence-electron chi connectivity index (χ0n) is 30.4. The molecule has 11 aromatic rings. The van der Waals surface area contributed by atoms with Crippen LogP contribution in [0.3, 0.4) is 0 Å². The van der Waals surface area contributed by atoms with E-state index < -0.39 is 0 Å². The summed E-state index contributed by atoms with van der Waals surface area (Å²) in [6.45, 7) is 0. The quantitative estimate of drug-likeness (QED) is 0.170. The van der Waals surface area contributed by atoms with Crippen molar-refractivity contribution in [2.75, 3.05) is 0 Å². The van der Waals surface area contributed by atoms with Gasteiger partial charge in [0.2, 0.25) is 0 Å². The van der Waals surface area contributed by atoms with Gasteiger partial charge in [-0.25, -0.2) is 14.4 Å². The Kier molecular flexibility index (Phi) is 7.60. The molecule has 268 valence electrons. The van der Waals surface area contributed by atoms with Crippen LogP contribution >= 0.6 is 0 Å². The molecule has 4 aromatic heterocycles. The van der Waals surface area contributed by atoms with Crippen LogP contribution in [-0.2, 0) is 0 Å². The topological polar surface area (TPSA) is 65.0 Å². The molecule has 0 aliphatic carbocycles. The second-order valence-corrected chi connectivity index (χ2v) is 14.2. The maximum atomic E-state index is 14.2. The summed E-state index contributed by atoms with van der Waals surface area (Å²) >= 11 is 0. The molecule has 7 aromatic carbocycles. The number of halogens is 1. The summed E-state index contributed by atoms with van der Waals surface area (Å²) in [6, 6.07) is 56.1. The molecule has 11 rings (SSSR count). The van der Waals surface area contributed by atoms with Gasteiger partial charge in [0.15, 0.2) is 5.82 Å². The molecule has 0 spiro atoms. The van der Waals surface area contributed by atoms with Crippen LogP contribution in [0.1, 0.15) is 0 Å². The van der Waals surface area contributed by atoms with Gasteiger partial charge in [0.1, 0.15) is 28.1 Å². The molecule has 0 aliphatic heterocycles. The molecule has 6 heteroatoms. The summed E-state index contributed by atoms with van der Waals surface area (Å²) < 4.78 is 26.6. The number of hydrogen-bond acceptors (Lipinski definition) is 5. The van der Waals surface area contributed by atoms with Gasteiger partial charge >= 0.3 is 0 Å². The van der Waals surface area contributed by atoms with Crippen molar-refractivity contribution >= 4 is 43.9 Å². The molecule has 5 nitrogen and oxygen atoms in total. The Bertz CT molecular complexity index is 3180. The van der Waals surface area contributed by atoms with Gasteiger partial charge in [-0.05, 0) is 125 Å². The van der Waals surface area contributed by atoms with Crippen molar-refractivity contribution in [3.05, 3.63) is 188 Å². The van der Waals surface area contributed by atoms with Gasteiger partial charge in [-0.15, -0.1) is 0 Å². The molecular weight excluding hydrogens is 706 g/mol. The number of pyridine rings is 1. The van der Waals surface area contributed by atoms with Gasteiger partial charge in [-0.2, -0.15) is 0 Å². The summed E-state index contributed by atoms with van der Waals surface area (Å²) in [5, 5.41) is 4.23. The first-order valence-corrected chi connectivity index (χ1v) is 18.7. The third-order valence-corrected chi connectivity index (χ3v) is 10.6. The van der Waals surface area contributed by atoms with Crippen molar-refractivity contribution < 1.29 is 13.2 Å². The first kappa shape index (κ1) is 32.7. The third-order valence-electron chi connectivity index (χ3n) is 10.6. The lowest BCUT2D eigenvalue weighted by Gasteiger charge is -2.14. The predicted molar refractivity (Wildman–Crippen MR) is 227 cm³/mol. The van der Waals surface area contributed by atoms with E-state index in [1.165, 1.54) is 12.1 Å². The largest absolute Gasteiger partial charge is 0.456 e. The third kappa shape index (κ3) is 5.92. The number of aromatic nitrogens is 3. The summed E-state index contributed by atoms with van der Waals surface area (Å²) in [6.07, 6.45) is 3.63. The lowest BCUT2D eigenvalue weighted by Crippen LogP contribution is -1.97. The van der Waals surface area contributed by atoms with E-state index in [9.17, 15) is 4.39 Å². The molecule has 57 heavy (non-hydrogen) atoms. The highest BCUT2D eigenvalue weighted by Crippen LogP contribution is 2.39. The smallest absolute Gasteiger partial charge is 0.160 e. The zero-order chi connectivity index (χ0) is 37.9. The Morgan fingerprint density at radius 1 is 0.351 bits per heavy atom. The summed E-state index contributed by atoms with van der Waals surface area (Å²) in [4.78, 5) is 14.8. The van der Waals surface area contributed by atoms with Crippen LogP contribution in [0.25, 0.3) is 111 Å². The molecule has 0 fully saturated rings. The Morgan fingerprint density at radius 2 is 0.860 bits per heavy atom. The minimum atomic E-state index is -0.306. The Balaban J connectivity index is 1.13. The van der Waals surface area contributed by atoms with E-state index >= 15 is 0 Å². The van der Waals surface area contributed by atoms with Crippen LogP contribution in [0.4, 0.5) is 4.39 Å². The van der Waals surface area contributed by atoms with Gasteiger partial charge in [0.25, 0.3) is 0 Å². The molecule has 0 atom stereocenters. The van der Waals surface area contributed by atoms with Crippen molar-refractivity contribution in [3.63, 3.8) is 0 Å². The second kappa shape index (κ2) is 13.3. The summed E-state index contributed by atoms with van der Waals surface area (Å²) in [5.74, 6) is 0.242. The number of nitrogens with zero attached hydrogens (tertiary/aromatic N) is 3. The van der Waals surface area contributed by atoms with Gasteiger partial charge in [-0.3, -0.25) is 4.98 Å². The normalized spacial score (nSPS) is 11.6. The van der Waals surface area contributed by atoms with Crippen molar-refractivity contribution in [1.29, 1.82) is 0 Å².